The van der Waals surface area contributed by atoms with E-state index in [1.54, 1.807) is 4.68 Å². The number of ketones is 1. The monoisotopic (exact) mass is 321 g/mol. The minimum Gasteiger partial charge on any atom is -0.312 e. The van der Waals surface area contributed by atoms with Crippen molar-refractivity contribution in [3.63, 3.8) is 0 Å². The highest BCUT2D eigenvalue weighted by molar-refractivity contribution is 6.09. The fourth-order valence-corrected chi connectivity index (χ4v) is 3.22. The summed E-state index contributed by atoms with van der Waals surface area (Å²) in [4.78, 5) is 12.9. The molecule has 3 aromatic rings. The maximum Gasteiger partial charge on any atom is 0.213 e. The van der Waals surface area contributed by atoms with Gasteiger partial charge in [0.2, 0.25) is 5.78 Å². The second kappa shape index (κ2) is 5.72. The number of aromatic nitrogens is 4. The number of nitrogens with zero attached hydrogens (tertiary/aromatic N) is 4. The summed E-state index contributed by atoms with van der Waals surface area (Å²) >= 11 is 0. The second-order valence-electron chi connectivity index (χ2n) is 6.13. The van der Waals surface area contributed by atoms with Crippen LogP contribution in [0.3, 0.4) is 0 Å². The van der Waals surface area contributed by atoms with E-state index >= 15 is 0 Å². The Balaban J connectivity index is 1.66. The van der Waals surface area contributed by atoms with Crippen LogP contribution in [0.1, 0.15) is 27.3 Å². The Morgan fingerprint density at radius 1 is 1.17 bits per heavy atom. The van der Waals surface area contributed by atoms with Crippen LogP contribution in [0.2, 0.25) is 0 Å². The number of carbonyl (C=O) groups excluding carboxylic acids is 1. The van der Waals surface area contributed by atoms with Crippen LogP contribution >= 0.6 is 0 Å². The Kier molecular flexibility index (Phi) is 3.54. The van der Waals surface area contributed by atoms with Crippen molar-refractivity contribution in [2.75, 3.05) is 6.54 Å². The zero-order valence-electron chi connectivity index (χ0n) is 13.8. The summed E-state index contributed by atoms with van der Waals surface area (Å²) in [7, 11) is 3.80. The van der Waals surface area contributed by atoms with Gasteiger partial charge in [0.1, 0.15) is 5.69 Å². The molecule has 6 heteroatoms. The van der Waals surface area contributed by atoms with Crippen molar-refractivity contribution < 1.29 is 4.79 Å². The first-order chi connectivity index (χ1) is 11.6. The first-order valence-corrected chi connectivity index (χ1v) is 8.03. The smallest absolute Gasteiger partial charge is 0.213 e. The lowest BCUT2D eigenvalue weighted by molar-refractivity contribution is 0.103. The Labute approximate surface area is 140 Å². The van der Waals surface area contributed by atoms with Crippen LogP contribution in [-0.4, -0.2) is 31.9 Å². The average molecular weight is 321 g/mol. The number of benzene rings is 1. The van der Waals surface area contributed by atoms with Crippen LogP contribution in [0.5, 0.6) is 0 Å². The van der Waals surface area contributed by atoms with Gasteiger partial charge in [0, 0.05) is 62.2 Å². The van der Waals surface area contributed by atoms with Gasteiger partial charge in [-0.25, -0.2) is 0 Å². The normalized spacial score (nSPS) is 13.8. The van der Waals surface area contributed by atoms with Gasteiger partial charge in [-0.15, -0.1) is 0 Å². The molecule has 0 atom stereocenters. The number of aryl methyl sites for hydroxylation is 2. The van der Waals surface area contributed by atoms with Crippen molar-refractivity contribution in [1.82, 2.24) is 24.9 Å². The lowest BCUT2D eigenvalue weighted by Crippen LogP contribution is -2.25. The zero-order valence-corrected chi connectivity index (χ0v) is 13.8. The molecule has 0 saturated carbocycles. The van der Waals surface area contributed by atoms with Gasteiger partial charge in [0.15, 0.2) is 0 Å². The van der Waals surface area contributed by atoms with E-state index < -0.39 is 0 Å². The van der Waals surface area contributed by atoms with E-state index in [4.69, 9.17) is 0 Å². The molecule has 0 saturated heterocycles. The van der Waals surface area contributed by atoms with Crippen LogP contribution in [0, 0.1) is 0 Å². The van der Waals surface area contributed by atoms with Crippen LogP contribution in [0.4, 0.5) is 0 Å². The number of rotatable bonds is 3. The molecule has 2 aromatic heterocycles. The zero-order chi connectivity index (χ0) is 16.7. The number of hydrogen-bond acceptors (Lipinski definition) is 4. The summed E-state index contributed by atoms with van der Waals surface area (Å²) in [6.07, 6.45) is 4.68. The van der Waals surface area contributed by atoms with E-state index in [1.165, 1.54) is 0 Å². The molecule has 0 amide bonds. The van der Waals surface area contributed by atoms with Gasteiger partial charge < -0.3 is 5.32 Å². The van der Waals surface area contributed by atoms with Crippen molar-refractivity contribution in [2.45, 2.75) is 13.0 Å². The highest BCUT2D eigenvalue weighted by Crippen LogP contribution is 2.23. The molecule has 4 rings (SSSR count). The summed E-state index contributed by atoms with van der Waals surface area (Å²) in [6, 6.07) is 7.64. The molecule has 0 fully saturated rings. The quantitative estimate of drug-likeness (QED) is 0.746. The molecule has 1 aromatic carbocycles. The average Bonchev–Trinajstić information content (AvgIpc) is 3.19. The maximum atomic E-state index is 12.9. The standard InChI is InChI=1S/C18H19N5O/c1-22-11-14(9-20-22)12-3-5-13(6-4-12)18(24)17-15-10-19-8-7-16(15)23(2)21-17/h3-6,9,11,19H,7-8,10H2,1-2H3. The molecule has 1 N–H and O–H groups in total. The molecular weight excluding hydrogens is 302 g/mol. The topological polar surface area (TPSA) is 64.7 Å². The predicted octanol–water partition coefficient (Wildman–Crippen LogP) is 1.70. The number of hydrogen-bond donors (Lipinski definition) is 1. The highest BCUT2D eigenvalue weighted by atomic mass is 16.1. The number of nitrogens with one attached hydrogen (secondary N) is 1. The fourth-order valence-electron chi connectivity index (χ4n) is 3.22. The fraction of sp³-hybridized carbons (Fsp3) is 0.278. The molecule has 3 heterocycles. The van der Waals surface area contributed by atoms with Crippen LogP contribution < -0.4 is 5.32 Å². The Bertz CT molecular complexity index is 904. The van der Waals surface area contributed by atoms with E-state index in [2.05, 4.69) is 15.5 Å². The molecule has 1 aliphatic rings. The minimum absolute atomic E-state index is 0.0201. The van der Waals surface area contributed by atoms with Gasteiger partial charge in [-0.2, -0.15) is 10.2 Å². The van der Waals surface area contributed by atoms with Crippen LogP contribution in [0.25, 0.3) is 11.1 Å². The van der Waals surface area contributed by atoms with Crippen LogP contribution in [-0.2, 0) is 27.1 Å². The van der Waals surface area contributed by atoms with E-state index in [0.29, 0.717) is 17.8 Å². The molecule has 0 spiro atoms. The van der Waals surface area contributed by atoms with Crippen molar-refractivity contribution in [3.8, 4) is 11.1 Å². The molecule has 122 valence electrons. The SMILES string of the molecule is Cn1cc(-c2ccc(C(=O)c3nn(C)c4c3CNCC4)cc2)cn1. The Morgan fingerprint density at radius 2 is 1.96 bits per heavy atom. The van der Waals surface area contributed by atoms with Gasteiger partial charge in [0.25, 0.3) is 0 Å². The highest BCUT2D eigenvalue weighted by Gasteiger charge is 2.24. The second-order valence-corrected chi connectivity index (χ2v) is 6.13. The third kappa shape index (κ3) is 2.45. The van der Waals surface area contributed by atoms with E-state index in [1.807, 2.05) is 55.4 Å². The molecule has 0 aliphatic carbocycles. The lowest BCUT2D eigenvalue weighted by atomic mass is 9.99. The molecule has 0 bridgehead atoms. The summed E-state index contributed by atoms with van der Waals surface area (Å²) in [6.45, 7) is 1.64. The van der Waals surface area contributed by atoms with E-state index in [-0.39, 0.29) is 5.78 Å². The first kappa shape index (κ1) is 14.8. The van der Waals surface area contributed by atoms with E-state index in [0.717, 1.165) is 35.3 Å². The molecule has 1 aliphatic heterocycles. The summed E-state index contributed by atoms with van der Waals surface area (Å²) in [5.74, 6) is -0.0201. The lowest BCUT2D eigenvalue weighted by Gasteiger charge is -2.14. The summed E-state index contributed by atoms with van der Waals surface area (Å²) in [5, 5.41) is 12.0. The number of carbonyl (C=O) groups is 1. The van der Waals surface area contributed by atoms with Gasteiger partial charge in [-0.05, 0) is 5.56 Å². The predicted molar refractivity (Wildman–Crippen MR) is 90.7 cm³/mol. The minimum atomic E-state index is -0.0201. The maximum absolute atomic E-state index is 12.9. The van der Waals surface area contributed by atoms with E-state index in [9.17, 15) is 4.79 Å². The van der Waals surface area contributed by atoms with Gasteiger partial charge in [-0.3, -0.25) is 14.2 Å². The largest absolute Gasteiger partial charge is 0.312 e. The first-order valence-electron chi connectivity index (χ1n) is 8.03. The Hall–Kier alpha value is -2.73. The van der Waals surface area contributed by atoms with Crippen molar-refractivity contribution >= 4 is 5.78 Å². The third-order valence-electron chi connectivity index (χ3n) is 4.52. The van der Waals surface area contributed by atoms with Gasteiger partial charge >= 0.3 is 0 Å². The number of fused-ring (bicyclic) bond motifs is 1. The van der Waals surface area contributed by atoms with Crippen molar-refractivity contribution in [2.24, 2.45) is 14.1 Å². The molecule has 0 radical (unpaired) electrons. The summed E-state index contributed by atoms with van der Waals surface area (Å²) in [5.41, 5.74) is 5.50. The molecular formula is C18H19N5O. The Morgan fingerprint density at radius 3 is 2.67 bits per heavy atom. The van der Waals surface area contributed by atoms with Gasteiger partial charge in [-0.1, -0.05) is 24.3 Å². The van der Waals surface area contributed by atoms with Crippen molar-refractivity contribution in [1.29, 1.82) is 0 Å². The van der Waals surface area contributed by atoms with Gasteiger partial charge in [0.05, 0.1) is 6.20 Å². The molecule has 24 heavy (non-hydrogen) atoms. The molecule has 0 unspecified atom stereocenters. The van der Waals surface area contributed by atoms with Crippen LogP contribution in [0.15, 0.2) is 36.7 Å². The summed E-state index contributed by atoms with van der Waals surface area (Å²) < 4.78 is 3.61. The molecule has 6 nitrogen and oxygen atoms in total. The third-order valence-corrected chi connectivity index (χ3v) is 4.52. The van der Waals surface area contributed by atoms with Crippen molar-refractivity contribution in [3.05, 3.63) is 59.2 Å².